The first-order valence-electron chi connectivity index (χ1n) is 7.98. The summed E-state index contributed by atoms with van der Waals surface area (Å²) in [6.45, 7) is 16.6. The van der Waals surface area contributed by atoms with Crippen molar-refractivity contribution in [2.45, 2.75) is 73.0 Å². The Kier molecular flexibility index (Phi) is 6.65. The molecule has 1 aliphatic rings. The maximum absolute atomic E-state index is 3.78. The van der Waals surface area contributed by atoms with Crippen molar-refractivity contribution in [3.63, 3.8) is 0 Å². The molecule has 108 valence electrons. The summed E-state index contributed by atoms with van der Waals surface area (Å²) in [6.07, 6.45) is 4.60. The third-order valence-corrected chi connectivity index (χ3v) is 4.57. The molecule has 1 rings (SSSR count). The molecule has 1 heterocycles. The fourth-order valence-electron chi connectivity index (χ4n) is 3.34. The second kappa shape index (κ2) is 7.49. The first-order chi connectivity index (χ1) is 8.49. The van der Waals surface area contributed by atoms with Gasteiger partial charge in [-0.05, 0) is 37.6 Å². The van der Waals surface area contributed by atoms with Gasteiger partial charge in [0, 0.05) is 12.6 Å². The topological polar surface area (TPSA) is 15.3 Å². The largest absolute Gasteiger partial charge is 0.301 e. The summed E-state index contributed by atoms with van der Waals surface area (Å²) in [6, 6.07) is 0.718. The summed E-state index contributed by atoms with van der Waals surface area (Å²) in [5, 5.41) is 3.78. The summed E-state index contributed by atoms with van der Waals surface area (Å²) < 4.78 is 0. The highest BCUT2D eigenvalue weighted by Gasteiger charge is 2.36. The minimum absolute atomic E-state index is 0.576. The average Bonchev–Trinajstić information content (AvgIpc) is 2.30. The van der Waals surface area contributed by atoms with Crippen LogP contribution >= 0.6 is 0 Å². The second-order valence-corrected chi connectivity index (χ2v) is 6.69. The van der Waals surface area contributed by atoms with Crippen molar-refractivity contribution in [2.24, 2.45) is 17.8 Å². The molecule has 2 heteroatoms. The third-order valence-electron chi connectivity index (χ3n) is 4.57. The minimum Gasteiger partial charge on any atom is -0.301 e. The molecule has 18 heavy (non-hydrogen) atoms. The highest BCUT2D eigenvalue weighted by Crippen LogP contribution is 2.27. The number of hydrogen-bond acceptors (Lipinski definition) is 2. The minimum atomic E-state index is 0.576. The smallest absolute Gasteiger partial charge is 0.0623 e. The van der Waals surface area contributed by atoms with Crippen LogP contribution in [0.3, 0.4) is 0 Å². The fourth-order valence-corrected chi connectivity index (χ4v) is 3.34. The first-order valence-corrected chi connectivity index (χ1v) is 7.98. The van der Waals surface area contributed by atoms with E-state index >= 15 is 0 Å². The van der Waals surface area contributed by atoms with Gasteiger partial charge >= 0.3 is 0 Å². The van der Waals surface area contributed by atoms with Gasteiger partial charge in [0.2, 0.25) is 0 Å². The normalized spacial score (nSPS) is 30.3. The fraction of sp³-hybridized carbons (Fsp3) is 1.00. The molecule has 1 fully saturated rings. The van der Waals surface area contributed by atoms with Gasteiger partial charge in [-0.1, -0.05) is 47.5 Å². The van der Waals surface area contributed by atoms with Gasteiger partial charge in [0.1, 0.15) is 0 Å². The van der Waals surface area contributed by atoms with E-state index in [4.69, 9.17) is 0 Å². The van der Waals surface area contributed by atoms with Crippen LogP contribution in [0.5, 0.6) is 0 Å². The van der Waals surface area contributed by atoms with Crippen LogP contribution in [0.15, 0.2) is 0 Å². The van der Waals surface area contributed by atoms with Crippen LogP contribution in [-0.4, -0.2) is 30.2 Å². The molecule has 1 aliphatic heterocycles. The van der Waals surface area contributed by atoms with Crippen LogP contribution in [0.4, 0.5) is 0 Å². The first kappa shape index (κ1) is 16.0. The van der Waals surface area contributed by atoms with E-state index in [0.717, 1.165) is 17.9 Å². The van der Waals surface area contributed by atoms with E-state index in [-0.39, 0.29) is 0 Å². The molecule has 0 bridgehead atoms. The Labute approximate surface area is 115 Å². The van der Waals surface area contributed by atoms with Crippen LogP contribution in [0, 0.1) is 17.8 Å². The Morgan fingerprint density at radius 2 is 1.78 bits per heavy atom. The van der Waals surface area contributed by atoms with Crippen LogP contribution < -0.4 is 5.32 Å². The van der Waals surface area contributed by atoms with Gasteiger partial charge in [-0.2, -0.15) is 0 Å². The Bertz CT molecular complexity index is 225. The summed E-state index contributed by atoms with van der Waals surface area (Å²) in [5.41, 5.74) is 0. The van der Waals surface area contributed by atoms with E-state index in [1.807, 2.05) is 0 Å². The van der Waals surface area contributed by atoms with Gasteiger partial charge in [0.15, 0.2) is 0 Å². The maximum atomic E-state index is 3.78. The van der Waals surface area contributed by atoms with Gasteiger partial charge in [-0.3, -0.25) is 4.90 Å². The molecule has 3 unspecified atom stereocenters. The Balaban J connectivity index is 2.67. The molecule has 1 N–H and O–H groups in total. The van der Waals surface area contributed by atoms with Crippen molar-refractivity contribution in [1.82, 2.24) is 10.2 Å². The Hall–Kier alpha value is -0.0800. The SMILES string of the molecule is CCCCCN1C(C)C(C(C)C)CNC1C(C)C. The van der Waals surface area contributed by atoms with Gasteiger partial charge in [0.25, 0.3) is 0 Å². The van der Waals surface area contributed by atoms with Crippen molar-refractivity contribution in [1.29, 1.82) is 0 Å². The summed E-state index contributed by atoms with van der Waals surface area (Å²) in [7, 11) is 0. The molecule has 0 radical (unpaired) electrons. The molecule has 0 aromatic rings. The molecule has 0 aromatic carbocycles. The molecule has 0 aliphatic carbocycles. The number of nitrogens with one attached hydrogen (secondary N) is 1. The van der Waals surface area contributed by atoms with Crippen molar-refractivity contribution in [3.05, 3.63) is 0 Å². The predicted molar refractivity (Wildman–Crippen MR) is 80.6 cm³/mol. The highest BCUT2D eigenvalue weighted by atomic mass is 15.3. The maximum Gasteiger partial charge on any atom is 0.0623 e. The molecule has 0 amide bonds. The zero-order chi connectivity index (χ0) is 13.7. The lowest BCUT2D eigenvalue weighted by Gasteiger charge is -2.48. The molecule has 0 aromatic heterocycles. The predicted octanol–water partition coefficient (Wildman–Crippen LogP) is 3.72. The van der Waals surface area contributed by atoms with Crippen molar-refractivity contribution in [3.8, 4) is 0 Å². The van der Waals surface area contributed by atoms with Crippen LogP contribution in [0.2, 0.25) is 0 Å². The standard InChI is InChI=1S/C16H34N2/c1-7-8-9-10-18-14(6)15(12(2)3)11-17-16(18)13(4)5/h12-17H,7-11H2,1-6H3. The van der Waals surface area contributed by atoms with Gasteiger partial charge in [-0.25, -0.2) is 0 Å². The molecule has 0 spiro atoms. The monoisotopic (exact) mass is 254 g/mol. The van der Waals surface area contributed by atoms with E-state index in [0.29, 0.717) is 12.1 Å². The molecule has 3 atom stereocenters. The van der Waals surface area contributed by atoms with Crippen molar-refractivity contribution >= 4 is 0 Å². The zero-order valence-corrected chi connectivity index (χ0v) is 13.4. The summed E-state index contributed by atoms with van der Waals surface area (Å²) in [5.74, 6) is 2.26. The molecular weight excluding hydrogens is 220 g/mol. The van der Waals surface area contributed by atoms with Gasteiger partial charge < -0.3 is 5.32 Å². The van der Waals surface area contributed by atoms with Gasteiger partial charge in [0.05, 0.1) is 6.17 Å². The number of rotatable bonds is 6. The molecule has 2 nitrogen and oxygen atoms in total. The highest BCUT2D eigenvalue weighted by molar-refractivity contribution is 4.89. The van der Waals surface area contributed by atoms with E-state index in [1.165, 1.54) is 32.4 Å². The lowest BCUT2D eigenvalue weighted by Crippen LogP contribution is -2.62. The van der Waals surface area contributed by atoms with Crippen LogP contribution in [0.25, 0.3) is 0 Å². The second-order valence-electron chi connectivity index (χ2n) is 6.69. The Morgan fingerprint density at radius 1 is 1.11 bits per heavy atom. The van der Waals surface area contributed by atoms with Crippen LogP contribution in [0.1, 0.15) is 60.8 Å². The van der Waals surface area contributed by atoms with E-state index in [9.17, 15) is 0 Å². The lowest BCUT2D eigenvalue weighted by atomic mass is 9.84. The number of hydrogen-bond donors (Lipinski definition) is 1. The molecule has 0 saturated carbocycles. The van der Waals surface area contributed by atoms with E-state index < -0.39 is 0 Å². The van der Waals surface area contributed by atoms with Crippen LogP contribution in [-0.2, 0) is 0 Å². The quantitative estimate of drug-likeness (QED) is 0.727. The zero-order valence-electron chi connectivity index (χ0n) is 13.4. The summed E-state index contributed by atoms with van der Waals surface area (Å²) >= 11 is 0. The average molecular weight is 254 g/mol. The Morgan fingerprint density at radius 3 is 2.28 bits per heavy atom. The number of nitrogens with zero attached hydrogens (tertiary/aromatic N) is 1. The van der Waals surface area contributed by atoms with E-state index in [1.54, 1.807) is 0 Å². The van der Waals surface area contributed by atoms with E-state index in [2.05, 4.69) is 51.8 Å². The van der Waals surface area contributed by atoms with Gasteiger partial charge in [-0.15, -0.1) is 0 Å². The lowest BCUT2D eigenvalue weighted by molar-refractivity contribution is -0.0000999. The summed E-state index contributed by atoms with van der Waals surface area (Å²) in [4.78, 5) is 2.73. The van der Waals surface area contributed by atoms with Crippen molar-refractivity contribution in [2.75, 3.05) is 13.1 Å². The number of unbranched alkanes of at least 4 members (excludes halogenated alkanes) is 2. The molecular formula is C16H34N2. The third kappa shape index (κ3) is 3.96. The van der Waals surface area contributed by atoms with Crippen molar-refractivity contribution < 1.29 is 0 Å². The molecule has 1 saturated heterocycles.